The predicted octanol–water partition coefficient (Wildman–Crippen LogP) is 2.79. The molecule has 152 valence electrons. The zero-order chi connectivity index (χ0) is 20.0. The molecule has 0 unspecified atom stereocenters. The van der Waals surface area contributed by atoms with Crippen molar-refractivity contribution < 1.29 is 9.59 Å². The first kappa shape index (κ1) is 21.8. The fourth-order valence-corrected chi connectivity index (χ4v) is 4.16. The topological polar surface area (TPSA) is 65.5 Å². The average Bonchev–Trinajstić information content (AvgIpc) is 3.01. The van der Waals surface area contributed by atoms with Crippen molar-refractivity contribution in [3.8, 4) is 0 Å². The van der Waals surface area contributed by atoms with Gasteiger partial charge in [0.1, 0.15) is 4.88 Å². The second-order valence-electron chi connectivity index (χ2n) is 8.38. The largest absolute Gasteiger partial charge is 0.348 e. The van der Waals surface area contributed by atoms with E-state index >= 15 is 0 Å². The van der Waals surface area contributed by atoms with Gasteiger partial charge in [-0.3, -0.25) is 14.5 Å². The van der Waals surface area contributed by atoms with Gasteiger partial charge in [0.15, 0.2) is 0 Å². The zero-order valence-electron chi connectivity index (χ0n) is 17.3. The van der Waals surface area contributed by atoms with Crippen molar-refractivity contribution in [2.75, 3.05) is 32.7 Å². The normalized spacial score (nSPS) is 16.1. The Bertz CT molecular complexity index is 611. The van der Waals surface area contributed by atoms with E-state index in [1.807, 2.05) is 11.8 Å². The van der Waals surface area contributed by atoms with Crippen molar-refractivity contribution in [2.24, 2.45) is 11.8 Å². The highest BCUT2D eigenvalue weighted by Gasteiger charge is 2.25. The van der Waals surface area contributed by atoms with Crippen LogP contribution in [-0.4, -0.2) is 65.4 Å². The van der Waals surface area contributed by atoms with Crippen LogP contribution in [0, 0.1) is 18.8 Å². The number of thiazole rings is 1. The monoisotopic (exact) mass is 394 g/mol. The van der Waals surface area contributed by atoms with Gasteiger partial charge in [0.2, 0.25) is 5.91 Å². The van der Waals surface area contributed by atoms with Crippen LogP contribution in [0.4, 0.5) is 0 Å². The van der Waals surface area contributed by atoms with Gasteiger partial charge in [0.25, 0.3) is 5.91 Å². The van der Waals surface area contributed by atoms with E-state index in [0.717, 1.165) is 44.7 Å². The minimum atomic E-state index is -0.0235. The molecule has 2 heterocycles. The Kier molecular flexibility index (Phi) is 8.23. The SMILES string of the molecule is Cc1ncsc1C(=O)NC1CCN(CC(=O)N(CC(C)C)CC(C)C)CC1. The number of aromatic nitrogens is 1. The number of likely N-dealkylation sites (tertiary alicyclic amines) is 1. The molecule has 0 aromatic carbocycles. The molecular formula is C20H34N4O2S. The van der Waals surface area contributed by atoms with Gasteiger partial charge >= 0.3 is 0 Å². The van der Waals surface area contributed by atoms with Crippen LogP contribution < -0.4 is 5.32 Å². The van der Waals surface area contributed by atoms with Gasteiger partial charge in [-0.2, -0.15) is 0 Å². The van der Waals surface area contributed by atoms with Crippen LogP contribution >= 0.6 is 11.3 Å². The molecule has 27 heavy (non-hydrogen) atoms. The molecule has 0 atom stereocenters. The summed E-state index contributed by atoms with van der Waals surface area (Å²) in [6, 6.07) is 0.174. The number of carbonyl (C=O) groups excluding carboxylic acids is 2. The van der Waals surface area contributed by atoms with Crippen LogP contribution in [0.3, 0.4) is 0 Å². The number of amides is 2. The van der Waals surface area contributed by atoms with Crippen LogP contribution in [-0.2, 0) is 4.79 Å². The van der Waals surface area contributed by atoms with Gasteiger partial charge in [0, 0.05) is 32.2 Å². The maximum atomic E-state index is 12.7. The molecule has 1 fully saturated rings. The molecule has 1 aliphatic rings. The van der Waals surface area contributed by atoms with Crippen LogP contribution in [0.5, 0.6) is 0 Å². The number of nitrogens with one attached hydrogen (secondary N) is 1. The van der Waals surface area contributed by atoms with E-state index in [9.17, 15) is 9.59 Å². The van der Waals surface area contributed by atoms with Gasteiger partial charge in [-0.1, -0.05) is 27.7 Å². The second-order valence-corrected chi connectivity index (χ2v) is 9.23. The lowest BCUT2D eigenvalue weighted by Crippen LogP contribution is -2.49. The van der Waals surface area contributed by atoms with Crippen molar-refractivity contribution in [3.63, 3.8) is 0 Å². The van der Waals surface area contributed by atoms with Crippen LogP contribution in [0.15, 0.2) is 5.51 Å². The first-order chi connectivity index (χ1) is 12.8. The first-order valence-electron chi connectivity index (χ1n) is 9.97. The molecule has 1 saturated heterocycles. The Balaban J connectivity index is 1.79. The smallest absolute Gasteiger partial charge is 0.263 e. The number of hydrogen-bond donors (Lipinski definition) is 1. The molecule has 1 aromatic rings. The van der Waals surface area contributed by atoms with Crippen molar-refractivity contribution in [3.05, 3.63) is 16.1 Å². The van der Waals surface area contributed by atoms with E-state index in [4.69, 9.17) is 0 Å². The van der Waals surface area contributed by atoms with Crippen LogP contribution in [0.25, 0.3) is 0 Å². The molecule has 1 N–H and O–H groups in total. The summed E-state index contributed by atoms with van der Waals surface area (Å²) in [6.07, 6.45) is 1.76. The molecule has 0 radical (unpaired) electrons. The minimum Gasteiger partial charge on any atom is -0.348 e. The van der Waals surface area contributed by atoms with E-state index in [1.165, 1.54) is 11.3 Å². The Morgan fingerprint density at radius 3 is 2.30 bits per heavy atom. The maximum Gasteiger partial charge on any atom is 0.263 e. The average molecular weight is 395 g/mol. The van der Waals surface area contributed by atoms with E-state index in [2.05, 4.69) is 42.9 Å². The van der Waals surface area contributed by atoms with Crippen molar-refractivity contribution in [1.82, 2.24) is 20.1 Å². The summed E-state index contributed by atoms with van der Waals surface area (Å²) >= 11 is 1.38. The third-order valence-corrected chi connectivity index (χ3v) is 5.68. The summed E-state index contributed by atoms with van der Waals surface area (Å²) in [6.45, 7) is 14.3. The molecule has 6 nitrogen and oxygen atoms in total. The molecule has 2 rings (SSSR count). The van der Waals surface area contributed by atoms with Gasteiger partial charge < -0.3 is 10.2 Å². The first-order valence-corrected chi connectivity index (χ1v) is 10.8. The fraction of sp³-hybridized carbons (Fsp3) is 0.750. The summed E-state index contributed by atoms with van der Waals surface area (Å²) in [4.78, 5) is 34.1. The van der Waals surface area contributed by atoms with E-state index in [1.54, 1.807) is 5.51 Å². The summed E-state index contributed by atoms with van der Waals surface area (Å²) in [5.74, 6) is 1.15. The van der Waals surface area contributed by atoms with Gasteiger partial charge in [-0.15, -0.1) is 11.3 Å². The lowest BCUT2D eigenvalue weighted by Gasteiger charge is -2.34. The van der Waals surface area contributed by atoms with Crippen molar-refractivity contribution in [1.29, 1.82) is 0 Å². The predicted molar refractivity (Wildman–Crippen MR) is 110 cm³/mol. The molecule has 1 aliphatic heterocycles. The lowest BCUT2D eigenvalue weighted by atomic mass is 10.0. The van der Waals surface area contributed by atoms with Gasteiger partial charge in [-0.05, 0) is 31.6 Å². The molecule has 1 aromatic heterocycles. The summed E-state index contributed by atoms with van der Waals surface area (Å²) < 4.78 is 0. The molecule has 0 saturated carbocycles. The number of carbonyl (C=O) groups is 2. The zero-order valence-corrected chi connectivity index (χ0v) is 18.1. The molecule has 0 aliphatic carbocycles. The lowest BCUT2D eigenvalue weighted by molar-refractivity contribution is -0.133. The Labute approximate surface area is 167 Å². The number of nitrogens with zero attached hydrogens (tertiary/aromatic N) is 3. The van der Waals surface area contributed by atoms with Crippen LogP contribution in [0.2, 0.25) is 0 Å². The second kappa shape index (κ2) is 10.2. The number of hydrogen-bond acceptors (Lipinski definition) is 5. The summed E-state index contributed by atoms with van der Waals surface area (Å²) in [7, 11) is 0. The van der Waals surface area contributed by atoms with E-state index in [0.29, 0.717) is 23.3 Å². The highest BCUT2D eigenvalue weighted by molar-refractivity contribution is 7.11. The van der Waals surface area contributed by atoms with Gasteiger partial charge in [0.05, 0.1) is 17.7 Å². The Morgan fingerprint density at radius 1 is 1.22 bits per heavy atom. The molecular weight excluding hydrogens is 360 g/mol. The standard InChI is InChI=1S/C20H34N4O2S/c1-14(2)10-24(11-15(3)4)18(25)12-23-8-6-17(7-9-23)22-20(26)19-16(5)21-13-27-19/h13-15,17H,6-12H2,1-5H3,(H,22,26). The third-order valence-electron chi connectivity index (χ3n) is 4.76. The van der Waals surface area contributed by atoms with E-state index < -0.39 is 0 Å². The number of rotatable bonds is 8. The minimum absolute atomic E-state index is 0.0235. The van der Waals surface area contributed by atoms with Crippen LogP contribution in [0.1, 0.15) is 55.9 Å². The van der Waals surface area contributed by atoms with Crippen molar-refractivity contribution >= 4 is 23.2 Å². The molecule has 2 amide bonds. The summed E-state index contributed by atoms with van der Waals surface area (Å²) in [5.41, 5.74) is 2.49. The maximum absolute atomic E-state index is 12.7. The van der Waals surface area contributed by atoms with Crippen molar-refractivity contribution in [2.45, 2.75) is 53.5 Å². The molecule has 0 spiro atoms. The number of aryl methyl sites for hydroxylation is 1. The molecule has 0 bridgehead atoms. The number of piperidine rings is 1. The highest BCUT2D eigenvalue weighted by atomic mass is 32.1. The van der Waals surface area contributed by atoms with Gasteiger partial charge in [-0.25, -0.2) is 4.98 Å². The Morgan fingerprint density at radius 2 is 1.81 bits per heavy atom. The Hall–Kier alpha value is -1.47. The third kappa shape index (κ3) is 6.88. The fourth-order valence-electron chi connectivity index (χ4n) is 3.46. The summed E-state index contributed by atoms with van der Waals surface area (Å²) in [5, 5.41) is 3.12. The quantitative estimate of drug-likeness (QED) is 0.736. The molecule has 7 heteroatoms. The van der Waals surface area contributed by atoms with E-state index in [-0.39, 0.29) is 17.9 Å². The highest BCUT2D eigenvalue weighted by Crippen LogP contribution is 2.15.